The highest BCUT2D eigenvalue weighted by atomic mass is 35.5. The van der Waals surface area contributed by atoms with E-state index in [1.165, 1.54) is 12.1 Å². The summed E-state index contributed by atoms with van der Waals surface area (Å²) in [6.45, 7) is 1.57. The number of hydrogen-bond donors (Lipinski definition) is 0. The normalized spacial score (nSPS) is 15.0. The Morgan fingerprint density at radius 1 is 1.16 bits per heavy atom. The molecule has 0 aliphatic carbocycles. The van der Waals surface area contributed by atoms with Crippen LogP contribution in [0.25, 0.3) is 0 Å². The second kappa shape index (κ2) is 7.61. The Morgan fingerprint density at radius 3 is 2.52 bits per heavy atom. The highest BCUT2D eigenvalue weighted by molar-refractivity contribution is 6.33. The number of piperidine rings is 1. The summed E-state index contributed by atoms with van der Waals surface area (Å²) in [6, 6.07) is 12.2. The first-order valence-corrected chi connectivity index (χ1v) is 8.44. The van der Waals surface area contributed by atoms with Crippen LogP contribution in [-0.4, -0.2) is 31.2 Å². The summed E-state index contributed by atoms with van der Waals surface area (Å²) in [5.41, 5.74) is 0.831. The fraction of sp³-hybridized carbons (Fsp3) is 0.333. The molecule has 2 aromatic rings. The zero-order valence-corrected chi connectivity index (χ0v) is 14.6. The van der Waals surface area contributed by atoms with Gasteiger partial charge in [0.25, 0.3) is 5.69 Å². The Morgan fingerprint density at radius 2 is 1.88 bits per heavy atom. The summed E-state index contributed by atoms with van der Waals surface area (Å²) in [5.74, 6) is 1.57. The Labute approximate surface area is 151 Å². The Balaban J connectivity index is 1.61. The average molecular weight is 363 g/mol. The van der Waals surface area contributed by atoms with Gasteiger partial charge in [-0.1, -0.05) is 17.7 Å². The van der Waals surface area contributed by atoms with E-state index in [0.29, 0.717) is 5.02 Å². The van der Waals surface area contributed by atoms with Crippen LogP contribution in [0.15, 0.2) is 42.5 Å². The molecule has 7 heteroatoms. The number of anilines is 1. The minimum Gasteiger partial charge on any atom is -0.497 e. The van der Waals surface area contributed by atoms with E-state index in [-0.39, 0.29) is 11.8 Å². The molecular formula is C18H19ClN2O4. The van der Waals surface area contributed by atoms with Crippen LogP contribution >= 0.6 is 11.6 Å². The SMILES string of the molecule is COc1cccc(OC2CCN(c3ccc([N+](=O)[O-])cc3Cl)CC2)c1. The second-order valence-electron chi connectivity index (χ2n) is 5.88. The molecule has 0 amide bonds. The lowest BCUT2D eigenvalue weighted by Gasteiger charge is -2.34. The van der Waals surface area contributed by atoms with Crippen molar-refractivity contribution < 1.29 is 14.4 Å². The third kappa shape index (κ3) is 4.14. The predicted octanol–water partition coefficient (Wildman–Crippen LogP) is 4.30. The Hall–Kier alpha value is -2.47. The second-order valence-corrected chi connectivity index (χ2v) is 6.28. The highest BCUT2D eigenvalue weighted by Crippen LogP contribution is 2.32. The summed E-state index contributed by atoms with van der Waals surface area (Å²) in [7, 11) is 1.63. The summed E-state index contributed by atoms with van der Waals surface area (Å²) in [6.07, 6.45) is 1.83. The molecule has 1 saturated heterocycles. The number of rotatable bonds is 5. The lowest BCUT2D eigenvalue weighted by Crippen LogP contribution is -2.38. The lowest BCUT2D eigenvalue weighted by atomic mass is 10.1. The molecule has 0 unspecified atom stereocenters. The largest absolute Gasteiger partial charge is 0.497 e. The van der Waals surface area contributed by atoms with Gasteiger partial charge in [0, 0.05) is 44.1 Å². The molecule has 1 aliphatic rings. The standard InChI is InChI=1S/C18H19ClN2O4/c1-24-15-3-2-4-16(12-15)25-14-7-9-20(10-8-14)18-6-5-13(21(22)23)11-17(18)19/h2-6,11-12,14H,7-10H2,1H3. The van der Waals surface area contributed by atoms with Gasteiger partial charge >= 0.3 is 0 Å². The first kappa shape index (κ1) is 17.4. The van der Waals surface area contributed by atoms with Gasteiger partial charge in [0.2, 0.25) is 0 Å². The predicted molar refractivity (Wildman–Crippen MR) is 97.0 cm³/mol. The smallest absolute Gasteiger partial charge is 0.271 e. The Bertz CT molecular complexity index is 760. The molecule has 1 heterocycles. The molecule has 0 radical (unpaired) electrons. The third-order valence-electron chi connectivity index (χ3n) is 4.27. The van der Waals surface area contributed by atoms with Crippen molar-refractivity contribution in [3.8, 4) is 11.5 Å². The average Bonchev–Trinajstić information content (AvgIpc) is 2.62. The zero-order valence-electron chi connectivity index (χ0n) is 13.9. The molecule has 1 fully saturated rings. The number of nitro groups is 1. The minimum absolute atomic E-state index is 0.00462. The van der Waals surface area contributed by atoms with Crippen molar-refractivity contribution >= 4 is 23.0 Å². The van der Waals surface area contributed by atoms with Crippen LogP contribution in [0.5, 0.6) is 11.5 Å². The van der Waals surface area contributed by atoms with E-state index in [0.717, 1.165) is 43.1 Å². The van der Waals surface area contributed by atoms with Crippen molar-refractivity contribution in [1.82, 2.24) is 0 Å². The summed E-state index contributed by atoms with van der Waals surface area (Å²) in [4.78, 5) is 12.5. The number of ether oxygens (including phenoxy) is 2. The summed E-state index contributed by atoms with van der Waals surface area (Å²) in [5, 5.41) is 11.2. The maximum atomic E-state index is 10.8. The van der Waals surface area contributed by atoms with Gasteiger partial charge in [-0.15, -0.1) is 0 Å². The molecule has 0 spiro atoms. The molecule has 1 aliphatic heterocycles. The van der Waals surface area contributed by atoms with Crippen molar-refractivity contribution in [3.05, 3.63) is 57.6 Å². The number of non-ortho nitro benzene ring substituents is 1. The number of nitro benzene ring substituents is 1. The van der Waals surface area contributed by atoms with Gasteiger partial charge in [-0.2, -0.15) is 0 Å². The van der Waals surface area contributed by atoms with Gasteiger partial charge in [0.05, 0.1) is 22.7 Å². The molecule has 6 nitrogen and oxygen atoms in total. The van der Waals surface area contributed by atoms with Gasteiger partial charge in [0.15, 0.2) is 0 Å². The fourth-order valence-electron chi connectivity index (χ4n) is 2.95. The first-order valence-electron chi connectivity index (χ1n) is 8.06. The third-order valence-corrected chi connectivity index (χ3v) is 4.57. The maximum absolute atomic E-state index is 10.8. The molecule has 2 aromatic carbocycles. The van der Waals surface area contributed by atoms with Crippen molar-refractivity contribution in [1.29, 1.82) is 0 Å². The molecule has 3 rings (SSSR count). The quantitative estimate of drug-likeness (QED) is 0.586. The van der Waals surface area contributed by atoms with E-state index in [1.807, 2.05) is 24.3 Å². The molecule has 25 heavy (non-hydrogen) atoms. The number of nitrogens with zero attached hydrogens (tertiary/aromatic N) is 2. The first-order chi connectivity index (χ1) is 12.1. The number of hydrogen-bond acceptors (Lipinski definition) is 5. The molecule has 0 atom stereocenters. The van der Waals surface area contributed by atoms with Crippen LogP contribution < -0.4 is 14.4 Å². The molecule has 0 aromatic heterocycles. The molecule has 0 N–H and O–H groups in total. The summed E-state index contributed by atoms with van der Waals surface area (Å²) < 4.78 is 11.2. The van der Waals surface area contributed by atoms with Crippen LogP contribution in [0.4, 0.5) is 11.4 Å². The van der Waals surface area contributed by atoms with E-state index < -0.39 is 4.92 Å². The van der Waals surface area contributed by atoms with Crippen LogP contribution in [0.3, 0.4) is 0 Å². The number of halogens is 1. The zero-order chi connectivity index (χ0) is 17.8. The Kier molecular flexibility index (Phi) is 5.28. The molecule has 132 valence electrons. The van der Waals surface area contributed by atoms with Gasteiger partial charge in [-0.3, -0.25) is 10.1 Å². The van der Waals surface area contributed by atoms with Gasteiger partial charge in [-0.25, -0.2) is 0 Å². The topological polar surface area (TPSA) is 64.8 Å². The van der Waals surface area contributed by atoms with E-state index in [1.54, 1.807) is 13.2 Å². The van der Waals surface area contributed by atoms with Crippen LogP contribution in [0.2, 0.25) is 5.02 Å². The van der Waals surface area contributed by atoms with Crippen molar-refractivity contribution in [2.45, 2.75) is 18.9 Å². The van der Waals surface area contributed by atoms with Crippen molar-refractivity contribution in [3.63, 3.8) is 0 Å². The number of benzene rings is 2. The maximum Gasteiger partial charge on any atom is 0.271 e. The van der Waals surface area contributed by atoms with E-state index in [2.05, 4.69) is 4.90 Å². The van der Waals surface area contributed by atoms with Gasteiger partial charge < -0.3 is 14.4 Å². The van der Waals surface area contributed by atoms with E-state index >= 15 is 0 Å². The van der Waals surface area contributed by atoms with E-state index in [9.17, 15) is 10.1 Å². The monoisotopic (exact) mass is 362 g/mol. The van der Waals surface area contributed by atoms with Gasteiger partial charge in [-0.05, 0) is 18.2 Å². The minimum atomic E-state index is -0.441. The molecular weight excluding hydrogens is 344 g/mol. The molecule has 0 saturated carbocycles. The highest BCUT2D eigenvalue weighted by Gasteiger charge is 2.23. The van der Waals surface area contributed by atoms with Crippen LogP contribution in [-0.2, 0) is 0 Å². The van der Waals surface area contributed by atoms with E-state index in [4.69, 9.17) is 21.1 Å². The van der Waals surface area contributed by atoms with Crippen molar-refractivity contribution in [2.75, 3.05) is 25.1 Å². The van der Waals surface area contributed by atoms with Gasteiger partial charge in [0.1, 0.15) is 17.6 Å². The molecule has 0 bridgehead atoms. The lowest BCUT2D eigenvalue weighted by molar-refractivity contribution is -0.384. The van der Waals surface area contributed by atoms with Crippen LogP contribution in [0.1, 0.15) is 12.8 Å². The fourth-order valence-corrected chi connectivity index (χ4v) is 3.24. The van der Waals surface area contributed by atoms with Crippen molar-refractivity contribution in [2.24, 2.45) is 0 Å². The number of methoxy groups -OCH3 is 1. The summed E-state index contributed by atoms with van der Waals surface area (Å²) >= 11 is 6.22. The van der Waals surface area contributed by atoms with Crippen LogP contribution in [0, 0.1) is 10.1 Å².